The Kier molecular flexibility index (Phi) is 8.40. The van der Waals surface area contributed by atoms with Gasteiger partial charge in [-0.25, -0.2) is 0 Å². The van der Waals surface area contributed by atoms with Crippen LogP contribution in [0.5, 0.6) is 0 Å². The van der Waals surface area contributed by atoms with E-state index in [1.807, 2.05) is 0 Å². The van der Waals surface area contributed by atoms with Gasteiger partial charge in [-0.3, -0.25) is 0 Å². The van der Waals surface area contributed by atoms with Crippen molar-refractivity contribution < 1.29 is 4.42 Å². The smallest absolute Gasteiger partial charge is 0.159 e. The lowest BCUT2D eigenvalue weighted by Crippen LogP contribution is -2.11. The highest BCUT2D eigenvalue weighted by atomic mass is 16.3. The standard InChI is InChI=1S/C67H57N3O/c1-38-22-25-43(26-23-38)68(57-21-15-20-48-47-19-14-18-45(63(47)71-64(48)57)39-16-12-11-13-17-39)44-27-28-46-52-31-41(66(5,6)7)33-54-51-36-59-50(37-60(51)70(61(52)54)58(46)35-44)55-34-42(67(8,9)10)32-53-49-30-40(65(2,3)4)24-29-56(49)69(59)62(53)55/h11-37H,1-10H3. The maximum atomic E-state index is 7.11. The number of benzene rings is 9. The molecule has 0 unspecified atom stereocenters. The molecule has 0 spiro atoms. The Bertz CT molecular complexity index is 4500. The molecule has 0 bridgehead atoms. The average molecular weight is 920 g/mol. The lowest BCUT2D eigenvalue weighted by Gasteiger charge is -2.26. The molecule has 0 radical (unpaired) electrons. The van der Waals surface area contributed by atoms with Crippen LogP contribution in [-0.2, 0) is 16.2 Å². The minimum absolute atomic E-state index is 0.0285. The summed E-state index contributed by atoms with van der Waals surface area (Å²) in [6, 6.07) is 61.9. The summed E-state index contributed by atoms with van der Waals surface area (Å²) in [6.45, 7) is 23.2. The first-order valence-electron chi connectivity index (χ1n) is 25.3. The molecule has 14 aromatic rings. The van der Waals surface area contributed by atoms with E-state index in [1.54, 1.807) is 0 Å². The van der Waals surface area contributed by atoms with E-state index in [4.69, 9.17) is 4.42 Å². The molecule has 0 saturated carbocycles. The number of fused-ring (bicyclic) bond motifs is 15. The van der Waals surface area contributed by atoms with Gasteiger partial charge in [0.25, 0.3) is 0 Å². The number of hydrogen-bond donors (Lipinski definition) is 0. The molecule has 346 valence electrons. The second-order valence-electron chi connectivity index (χ2n) is 23.6. The van der Waals surface area contributed by atoms with Crippen molar-refractivity contribution >= 4 is 115 Å². The highest BCUT2D eigenvalue weighted by molar-refractivity contribution is 6.29. The van der Waals surface area contributed by atoms with Crippen LogP contribution in [0.3, 0.4) is 0 Å². The molecule has 0 atom stereocenters. The van der Waals surface area contributed by atoms with Crippen LogP contribution in [0.4, 0.5) is 17.1 Å². The topological polar surface area (TPSA) is 25.2 Å². The minimum atomic E-state index is -0.0560. The SMILES string of the molecule is Cc1ccc(N(c2ccc3c4cc(C(C)(C)C)cc5c6cc7c(cc6n(c3c2)c45)c2cc(C(C)(C)C)cc3c4cc(C(C)(C)C)ccc4n7c32)c2cccc3c2oc2c(-c4ccccc4)cccc23)cc1. The monoisotopic (exact) mass is 919 g/mol. The van der Waals surface area contributed by atoms with Gasteiger partial charge in [0, 0.05) is 70.8 Å². The molecule has 0 fully saturated rings. The van der Waals surface area contributed by atoms with Crippen molar-refractivity contribution in [1.82, 2.24) is 8.80 Å². The van der Waals surface area contributed by atoms with Crippen molar-refractivity contribution in [3.8, 4) is 11.1 Å². The third-order valence-corrected chi connectivity index (χ3v) is 15.9. The van der Waals surface area contributed by atoms with Gasteiger partial charge in [-0.2, -0.15) is 0 Å². The van der Waals surface area contributed by atoms with Crippen molar-refractivity contribution in [2.24, 2.45) is 0 Å². The molecule has 14 rings (SSSR count). The predicted molar refractivity (Wildman–Crippen MR) is 304 cm³/mol. The van der Waals surface area contributed by atoms with Gasteiger partial charge in [0.2, 0.25) is 0 Å². The molecule has 71 heavy (non-hydrogen) atoms. The summed E-state index contributed by atoms with van der Waals surface area (Å²) in [5, 5.41) is 12.6. The molecule has 5 heterocycles. The molecule has 0 N–H and O–H groups in total. The largest absolute Gasteiger partial charge is 0.453 e. The summed E-state index contributed by atoms with van der Waals surface area (Å²) in [5.41, 5.74) is 19.9. The molecule has 0 saturated heterocycles. The number of aromatic nitrogens is 2. The Morgan fingerprint density at radius 2 is 0.873 bits per heavy atom. The fourth-order valence-corrected chi connectivity index (χ4v) is 12.0. The number of furan rings is 1. The van der Waals surface area contributed by atoms with Crippen LogP contribution < -0.4 is 4.90 Å². The maximum absolute atomic E-state index is 7.11. The maximum Gasteiger partial charge on any atom is 0.159 e. The number of anilines is 3. The molecule has 0 aliphatic rings. The van der Waals surface area contributed by atoms with Crippen LogP contribution in [-0.4, -0.2) is 8.80 Å². The number of hydrogen-bond acceptors (Lipinski definition) is 2. The first-order valence-corrected chi connectivity index (χ1v) is 25.3. The van der Waals surface area contributed by atoms with E-state index in [9.17, 15) is 0 Å². The van der Waals surface area contributed by atoms with Gasteiger partial charge in [-0.15, -0.1) is 0 Å². The fourth-order valence-electron chi connectivity index (χ4n) is 12.0. The third-order valence-electron chi connectivity index (χ3n) is 15.9. The highest BCUT2D eigenvalue weighted by Gasteiger charge is 2.29. The van der Waals surface area contributed by atoms with Gasteiger partial charge in [-0.05, 0) is 124 Å². The zero-order valence-corrected chi connectivity index (χ0v) is 42.3. The van der Waals surface area contributed by atoms with E-state index in [0.717, 1.165) is 50.1 Å². The molecule has 5 aromatic heterocycles. The van der Waals surface area contributed by atoms with Crippen molar-refractivity contribution in [3.05, 3.63) is 186 Å². The molecule has 0 aliphatic heterocycles. The van der Waals surface area contributed by atoms with Crippen molar-refractivity contribution in [2.75, 3.05) is 4.90 Å². The van der Waals surface area contributed by atoms with Crippen LogP contribution in [0.2, 0.25) is 0 Å². The van der Waals surface area contributed by atoms with Gasteiger partial charge in [0.15, 0.2) is 5.58 Å². The summed E-state index contributed by atoms with van der Waals surface area (Å²) < 4.78 is 12.3. The Morgan fingerprint density at radius 3 is 1.48 bits per heavy atom. The second kappa shape index (κ2) is 14.2. The first kappa shape index (κ1) is 42.1. The Balaban J connectivity index is 1.08. The van der Waals surface area contributed by atoms with E-state index in [1.165, 1.54) is 98.4 Å². The van der Waals surface area contributed by atoms with Crippen LogP contribution in [0.15, 0.2) is 168 Å². The summed E-state index contributed by atoms with van der Waals surface area (Å²) in [5.74, 6) is 0. The fraction of sp³-hybridized carbons (Fsp3) is 0.194. The average Bonchev–Trinajstić information content (AvgIpc) is 4.15. The summed E-state index contributed by atoms with van der Waals surface area (Å²) in [7, 11) is 0. The molecular weight excluding hydrogens is 863 g/mol. The minimum Gasteiger partial charge on any atom is -0.453 e. The van der Waals surface area contributed by atoms with E-state index in [2.05, 4.69) is 247 Å². The number of para-hydroxylation sites is 2. The van der Waals surface area contributed by atoms with Gasteiger partial charge in [-0.1, -0.05) is 153 Å². The highest BCUT2D eigenvalue weighted by Crippen LogP contribution is 2.50. The lowest BCUT2D eigenvalue weighted by molar-refractivity contribution is 0.590. The van der Waals surface area contributed by atoms with Crippen LogP contribution in [0, 0.1) is 6.92 Å². The van der Waals surface area contributed by atoms with Gasteiger partial charge in [0.1, 0.15) is 5.58 Å². The molecule has 9 aromatic carbocycles. The van der Waals surface area contributed by atoms with Crippen LogP contribution in [0.1, 0.15) is 84.6 Å². The predicted octanol–water partition coefficient (Wildman–Crippen LogP) is 19.2. The quantitative estimate of drug-likeness (QED) is 0.176. The van der Waals surface area contributed by atoms with Gasteiger partial charge < -0.3 is 18.1 Å². The normalized spacial score (nSPS) is 13.2. The summed E-state index contributed by atoms with van der Waals surface area (Å²) in [4.78, 5) is 2.40. The van der Waals surface area contributed by atoms with Gasteiger partial charge in [0.05, 0.1) is 38.8 Å². The number of nitrogens with zero attached hydrogens (tertiary/aromatic N) is 3. The van der Waals surface area contributed by atoms with E-state index in [-0.39, 0.29) is 16.2 Å². The Hall–Kier alpha value is -7.82. The summed E-state index contributed by atoms with van der Waals surface area (Å²) in [6.07, 6.45) is 0. The van der Waals surface area contributed by atoms with Crippen molar-refractivity contribution in [3.63, 3.8) is 0 Å². The molecule has 0 aliphatic carbocycles. The molecular formula is C67H57N3O. The van der Waals surface area contributed by atoms with Crippen molar-refractivity contribution in [1.29, 1.82) is 0 Å². The first-order chi connectivity index (χ1) is 34.0. The number of aryl methyl sites for hydroxylation is 1. The lowest BCUT2D eigenvalue weighted by atomic mass is 9.84. The van der Waals surface area contributed by atoms with Crippen LogP contribution in [0.25, 0.3) is 109 Å². The zero-order chi connectivity index (χ0) is 48.6. The molecule has 4 heteroatoms. The molecule has 0 amide bonds. The Labute approximate surface area is 414 Å². The van der Waals surface area contributed by atoms with Crippen molar-refractivity contribution in [2.45, 2.75) is 85.5 Å². The Morgan fingerprint density at radius 1 is 0.366 bits per heavy atom. The van der Waals surface area contributed by atoms with E-state index < -0.39 is 0 Å². The van der Waals surface area contributed by atoms with E-state index >= 15 is 0 Å². The summed E-state index contributed by atoms with van der Waals surface area (Å²) >= 11 is 0. The second-order valence-corrected chi connectivity index (χ2v) is 23.6. The number of rotatable bonds is 4. The van der Waals surface area contributed by atoms with E-state index in [0.29, 0.717) is 0 Å². The van der Waals surface area contributed by atoms with Gasteiger partial charge >= 0.3 is 0 Å². The zero-order valence-electron chi connectivity index (χ0n) is 42.3. The van der Waals surface area contributed by atoms with Crippen LogP contribution >= 0.6 is 0 Å². The molecule has 4 nitrogen and oxygen atoms in total. The third kappa shape index (κ3) is 5.97.